The molecule has 4 rings (SSSR count). The van der Waals surface area contributed by atoms with Gasteiger partial charge in [0.25, 0.3) is 5.91 Å². The molecule has 2 aromatic carbocycles. The van der Waals surface area contributed by atoms with Crippen LogP contribution in [0.15, 0.2) is 48.5 Å². The molecule has 0 radical (unpaired) electrons. The predicted octanol–water partition coefficient (Wildman–Crippen LogP) is 6.59. The summed E-state index contributed by atoms with van der Waals surface area (Å²) in [5.41, 5.74) is 0.552. The van der Waals surface area contributed by atoms with Crippen molar-refractivity contribution in [2.45, 2.75) is 12.4 Å². The number of amides is 1. The van der Waals surface area contributed by atoms with Gasteiger partial charge in [-0.1, -0.05) is 23.2 Å². The summed E-state index contributed by atoms with van der Waals surface area (Å²) in [4.78, 5) is 19.2. The number of hydrogen-bond acceptors (Lipinski definition) is 7. The molecule has 0 saturated heterocycles. The van der Waals surface area contributed by atoms with Crippen molar-refractivity contribution in [3.05, 3.63) is 91.7 Å². The van der Waals surface area contributed by atoms with Crippen LogP contribution in [0.5, 0.6) is 0 Å². The van der Waals surface area contributed by atoms with Gasteiger partial charge in [-0.3, -0.25) is 4.79 Å². The summed E-state index contributed by atoms with van der Waals surface area (Å²) in [6.45, 7) is 1.46. The minimum absolute atomic E-state index is 0.130. The summed E-state index contributed by atoms with van der Waals surface area (Å²) in [5.74, 6) is -0.183. The second kappa shape index (κ2) is 12.0. The Morgan fingerprint density at radius 3 is 2.52 bits per heavy atom. The molecule has 0 saturated carbocycles. The van der Waals surface area contributed by atoms with Crippen LogP contribution in [0.1, 0.15) is 39.0 Å². The summed E-state index contributed by atoms with van der Waals surface area (Å²) in [7, 11) is 5.32. The van der Waals surface area contributed by atoms with Crippen LogP contribution in [-0.2, 0) is 10.9 Å². The molecular weight excluding hydrogens is 570 g/mol. The van der Waals surface area contributed by atoms with E-state index in [1.54, 1.807) is 12.1 Å². The number of alkyl halides is 3. The number of aromatic nitrogens is 1. The van der Waals surface area contributed by atoms with Crippen LogP contribution < -0.4 is 10.6 Å². The minimum Gasteiger partial charge on any atom is -0.756 e. The minimum atomic E-state index is -4.71. The molecule has 0 bridgehead atoms. The van der Waals surface area contributed by atoms with Gasteiger partial charge in [-0.05, 0) is 68.7 Å². The zero-order valence-electron chi connectivity index (χ0n) is 21.6. The molecule has 8 nitrogen and oxygen atoms in total. The Balaban J connectivity index is 1.57. The van der Waals surface area contributed by atoms with Gasteiger partial charge >= 0.3 is 6.18 Å². The van der Waals surface area contributed by atoms with Gasteiger partial charge in [0.15, 0.2) is 6.23 Å². The number of nitrogens with zero attached hydrogens (tertiary/aromatic N) is 3. The molecule has 1 aliphatic rings. The summed E-state index contributed by atoms with van der Waals surface area (Å²) in [5, 5.41) is 19.3. The highest BCUT2D eigenvalue weighted by atomic mass is 35.5. The number of halogens is 5. The first-order valence-electron chi connectivity index (χ1n) is 12.0. The number of nitrogens with one attached hydrogen (secondary N) is 2. The molecule has 0 spiro atoms. The molecule has 2 heterocycles. The molecule has 3 aromatic rings. The van der Waals surface area contributed by atoms with E-state index in [0.717, 1.165) is 12.6 Å². The number of carbonyl (C=O) groups is 1. The fraction of sp³-hybridized carbons (Fsp3) is 0.259. The molecule has 0 aliphatic carbocycles. The Kier molecular flexibility index (Phi) is 8.91. The van der Waals surface area contributed by atoms with Gasteiger partial charge in [-0.2, -0.15) is 13.2 Å². The second-order valence-electron chi connectivity index (χ2n) is 9.19. The molecule has 13 heteroatoms. The number of rotatable bonds is 8. The Bertz CT molecular complexity index is 1450. The van der Waals surface area contributed by atoms with Gasteiger partial charge in [0.2, 0.25) is 0 Å². The molecule has 0 fully saturated rings. The quantitative estimate of drug-likeness (QED) is 0.304. The van der Waals surface area contributed by atoms with E-state index in [1.165, 1.54) is 31.4 Å². The van der Waals surface area contributed by atoms with Crippen LogP contribution in [0, 0.1) is 5.21 Å². The van der Waals surface area contributed by atoms with Crippen molar-refractivity contribution in [3.63, 3.8) is 0 Å². The number of pyridine rings is 1. The molecule has 1 amide bonds. The standard InChI is InChI=1S/C27H25Cl2F3N5O3/c1-36(2)11-10-33-23-9-5-15-13-22(37(39)26(40-3)24(15)35-23)18-7-6-17(14-21(18)29)34-25(38)16-4-8-20(28)19(12-16)27(30,31)32/h4-9,12-14,26H,10-11H2,1-3H3,(H,33,35)(H,34,38)/q-1. The third kappa shape index (κ3) is 6.51. The molecule has 2 N–H and O–H groups in total. The Hall–Kier alpha value is -3.35. The van der Waals surface area contributed by atoms with Crippen LogP contribution >= 0.6 is 23.2 Å². The lowest BCUT2D eigenvalue weighted by Crippen LogP contribution is -2.28. The highest BCUT2D eigenvalue weighted by Gasteiger charge is 2.34. The second-order valence-corrected chi connectivity index (χ2v) is 10.00. The summed E-state index contributed by atoms with van der Waals surface area (Å²) in [6, 6.07) is 10.9. The van der Waals surface area contributed by atoms with Gasteiger partial charge < -0.3 is 30.5 Å². The lowest BCUT2D eigenvalue weighted by atomic mass is 10.0. The zero-order chi connectivity index (χ0) is 29.2. The first kappa shape index (κ1) is 29.6. The molecule has 1 aliphatic heterocycles. The summed E-state index contributed by atoms with van der Waals surface area (Å²) in [6.07, 6.45) is -4.11. The molecule has 1 atom stereocenters. The predicted molar refractivity (Wildman–Crippen MR) is 150 cm³/mol. The van der Waals surface area contributed by atoms with E-state index in [4.69, 9.17) is 27.9 Å². The third-order valence-corrected chi connectivity index (χ3v) is 6.70. The van der Waals surface area contributed by atoms with Crippen molar-refractivity contribution in [1.82, 2.24) is 14.9 Å². The Morgan fingerprint density at radius 2 is 1.88 bits per heavy atom. The smallest absolute Gasteiger partial charge is 0.417 e. The molecule has 212 valence electrons. The normalized spacial score (nSPS) is 15.1. The van der Waals surface area contributed by atoms with E-state index >= 15 is 0 Å². The topological polar surface area (TPSA) is 92.8 Å². The highest BCUT2D eigenvalue weighted by molar-refractivity contribution is 6.33. The number of carbonyl (C=O) groups excluding carboxylic acids is 1. The van der Waals surface area contributed by atoms with E-state index in [2.05, 4.69) is 15.6 Å². The number of anilines is 2. The van der Waals surface area contributed by atoms with Crippen molar-refractivity contribution < 1.29 is 22.7 Å². The van der Waals surface area contributed by atoms with Crippen LogP contribution in [0.2, 0.25) is 10.0 Å². The van der Waals surface area contributed by atoms with Crippen LogP contribution in [0.25, 0.3) is 11.8 Å². The van der Waals surface area contributed by atoms with Crippen molar-refractivity contribution in [3.8, 4) is 0 Å². The van der Waals surface area contributed by atoms with E-state index in [-0.39, 0.29) is 22.0 Å². The van der Waals surface area contributed by atoms with Crippen molar-refractivity contribution in [2.24, 2.45) is 0 Å². The number of methoxy groups -OCH3 is 1. The van der Waals surface area contributed by atoms with E-state index in [9.17, 15) is 23.2 Å². The van der Waals surface area contributed by atoms with Crippen LogP contribution in [0.4, 0.5) is 24.7 Å². The lowest BCUT2D eigenvalue weighted by Gasteiger charge is -2.43. The van der Waals surface area contributed by atoms with Gasteiger partial charge in [0, 0.05) is 48.3 Å². The van der Waals surface area contributed by atoms with Crippen molar-refractivity contribution in [1.29, 1.82) is 0 Å². The maximum Gasteiger partial charge on any atom is 0.417 e. The number of hydroxylamine groups is 2. The van der Waals surface area contributed by atoms with E-state index < -0.39 is 28.9 Å². The maximum atomic E-state index is 13.3. The fourth-order valence-electron chi connectivity index (χ4n) is 4.05. The number of hydrogen-bond donors (Lipinski definition) is 2. The first-order chi connectivity index (χ1) is 18.9. The Morgan fingerprint density at radius 1 is 1.12 bits per heavy atom. The molecule has 1 aromatic heterocycles. The van der Waals surface area contributed by atoms with Gasteiger partial charge in [0.1, 0.15) is 5.82 Å². The van der Waals surface area contributed by atoms with E-state index in [1.807, 2.05) is 25.1 Å². The molecule has 40 heavy (non-hydrogen) atoms. The van der Waals surface area contributed by atoms with E-state index in [0.29, 0.717) is 40.3 Å². The average molecular weight is 595 g/mol. The number of ether oxygens (including phenoxy) is 1. The van der Waals surface area contributed by atoms with Crippen molar-refractivity contribution >= 4 is 52.4 Å². The molecule has 1 unspecified atom stereocenters. The van der Waals surface area contributed by atoms with Gasteiger partial charge in [-0.15, -0.1) is 0 Å². The zero-order valence-corrected chi connectivity index (χ0v) is 23.2. The monoisotopic (exact) mass is 594 g/mol. The molecular formula is C27H25Cl2F3N5O3-. The summed E-state index contributed by atoms with van der Waals surface area (Å²) < 4.78 is 45.0. The van der Waals surface area contributed by atoms with Crippen LogP contribution in [-0.4, -0.2) is 55.1 Å². The number of likely N-dealkylation sites (N-methyl/N-ethyl adjacent to an activating group) is 1. The van der Waals surface area contributed by atoms with Gasteiger partial charge in [0.05, 0.1) is 21.3 Å². The largest absolute Gasteiger partial charge is 0.756 e. The van der Waals surface area contributed by atoms with Crippen molar-refractivity contribution in [2.75, 3.05) is 44.9 Å². The average Bonchev–Trinajstić information content (AvgIpc) is 2.88. The lowest BCUT2D eigenvalue weighted by molar-refractivity contribution is -0.137. The number of benzene rings is 2. The fourth-order valence-corrected chi connectivity index (χ4v) is 4.55. The SMILES string of the molecule is COC1c2nc(NCCN(C)C)ccc2C=C(c2ccc(NC(=O)c3ccc(Cl)c(C(F)(F)F)c3)cc2Cl)N1[O-]. The summed E-state index contributed by atoms with van der Waals surface area (Å²) >= 11 is 12.1. The van der Waals surface area contributed by atoms with Crippen LogP contribution in [0.3, 0.4) is 0 Å². The van der Waals surface area contributed by atoms with Gasteiger partial charge in [-0.25, -0.2) is 4.98 Å². The highest BCUT2D eigenvalue weighted by Crippen LogP contribution is 2.40. The Labute approximate surface area is 238 Å². The first-order valence-corrected chi connectivity index (χ1v) is 12.7. The maximum absolute atomic E-state index is 13.3. The number of fused-ring (bicyclic) bond motifs is 1. The third-order valence-electron chi connectivity index (χ3n) is 6.06.